The Morgan fingerprint density at radius 2 is 1.85 bits per heavy atom. The van der Waals surface area contributed by atoms with Crippen molar-refractivity contribution in [2.24, 2.45) is 11.5 Å². The molecule has 0 aromatic carbocycles. The fourth-order valence-electron chi connectivity index (χ4n) is 0.514. The summed E-state index contributed by atoms with van der Waals surface area (Å²) in [6.45, 7) is -0.673. The van der Waals surface area contributed by atoms with Gasteiger partial charge in [-0.1, -0.05) is 0 Å². The van der Waals surface area contributed by atoms with Crippen LogP contribution in [0.1, 0.15) is 0 Å². The van der Waals surface area contributed by atoms with E-state index in [1.54, 1.807) is 0 Å². The first-order valence-corrected chi connectivity index (χ1v) is 3.54. The first kappa shape index (κ1) is 11.8. The summed E-state index contributed by atoms with van der Waals surface area (Å²) in [6.07, 6.45) is -2.94. The Kier molecular flexibility index (Phi) is 4.97. The van der Waals surface area contributed by atoms with Crippen LogP contribution in [0.4, 0.5) is 0 Å². The number of aliphatic carboxylic acids is 1. The highest BCUT2D eigenvalue weighted by Crippen LogP contribution is 1.94. The number of carbonyl (C=O) groups is 2. The van der Waals surface area contributed by atoms with Crippen LogP contribution in [-0.4, -0.2) is 47.4 Å². The Hall–Kier alpha value is -1.18. The second kappa shape index (κ2) is 5.46. The topological polar surface area (TPSA) is 136 Å². The Morgan fingerprint density at radius 1 is 1.31 bits per heavy atom. The van der Waals surface area contributed by atoms with Gasteiger partial charge in [-0.3, -0.25) is 0 Å². The van der Waals surface area contributed by atoms with Gasteiger partial charge >= 0.3 is 11.9 Å². The van der Waals surface area contributed by atoms with E-state index < -0.39 is 24.1 Å². The Labute approximate surface area is 74.3 Å². The average molecular weight is 192 g/mol. The third kappa shape index (κ3) is 3.83. The number of nitrogens with two attached hydrogens (primary N) is 2. The molecular weight excluding hydrogens is 180 g/mol. The molecule has 0 fully saturated rings. The molecule has 2 atom stereocenters. The van der Waals surface area contributed by atoms with E-state index in [-0.39, 0.29) is 13.1 Å². The molecule has 6 N–H and O–H groups in total. The molecule has 0 aromatic rings. The molecule has 13 heavy (non-hydrogen) atoms. The monoisotopic (exact) mass is 192 g/mol. The van der Waals surface area contributed by atoms with Crippen molar-refractivity contribution in [1.29, 1.82) is 0 Å². The van der Waals surface area contributed by atoms with E-state index in [9.17, 15) is 9.59 Å². The van der Waals surface area contributed by atoms with Crippen LogP contribution in [0.25, 0.3) is 0 Å². The third-order valence-electron chi connectivity index (χ3n) is 1.24. The molecule has 7 nitrogen and oxygen atoms in total. The highest BCUT2D eigenvalue weighted by Gasteiger charge is 2.24. The minimum atomic E-state index is -1.51. The van der Waals surface area contributed by atoms with Crippen molar-refractivity contribution in [2.75, 3.05) is 13.1 Å². The van der Waals surface area contributed by atoms with Gasteiger partial charge in [0.1, 0.15) is 0 Å². The van der Waals surface area contributed by atoms with Gasteiger partial charge in [-0.05, 0) is 0 Å². The minimum absolute atomic E-state index is 0.324. The summed E-state index contributed by atoms with van der Waals surface area (Å²) in [4.78, 5) is 21.1. The van der Waals surface area contributed by atoms with E-state index in [0.717, 1.165) is 0 Å². The van der Waals surface area contributed by atoms with Gasteiger partial charge in [-0.2, -0.15) is 0 Å². The van der Waals surface area contributed by atoms with Crippen LogP contribution in [-0.2, 0) is 14.3 Å². The number of aliphatic hydroxyl groups is 1. The number of hydrogen-bond donors (Lipinski definition) is 4. The predicted octanol–water partition coefficient (Wildman–Crippen LogP) is -2.74. The van der Waals surface area contributed by atoms with Gasteiger partial charge in [0.15, 0.2) is 6.10 Å². The van der Waals surface area contributed by atoms with Crippen LogP contribution in [0, 0.1) is 0 Å². The van der Waals surface area contributed by atoms with Crippen LogP contribution >= 0.6 is 0 Å². The van der Waals surface area contributed by atoms with Crippen LogP contribution in [0.3, 0.4) is 0 Å². The molecule has 0 aliphatic rings. The predicted molar refractivity (Wildman–Crippen MR) is 41.6 cm³/mol. The maximum atomic E-state index is 10.8. The van der Waals surface area contributed by atoms with Gasteiger partial charge in [0.05, 0.1) is 0 Å². The summed E-state index contributed by atoms with van der Waals surface area (Å²) in [5, 5.41) is 17.2. The highest BCUT2D eigenvalue weighted by molar-refractivity contribution is 5.80. The largest absolute Gasteiger partial charge is 0.478 e. The number of aliphatic hydroxyl groups excluding tert-OH is 1. The fourth-order valence-corrected chi connectivity index (χ4v) is 0.514. The van der Waals surface area contributed by atoms with Crippen LogP contribution in [0.2, 0.25) is 0 Å². The Morgan fingerprint density at radius 3 is 2.15 bits per heavy atom. The molecule has 0 heterocycles. The fraction of sp³-hybridized carbons (Fsp3) is 0.667. The number of hydrogen-bond acceptors (Lipinski definition) is 6. The zero-order valence-corrected chi connectivity index (χ0v) is 6.84. The molecule has 0 aliphatic carbocycles. The van der Waals surface area contributed by atoms with Gasteiger partial charge in [0.25, 0.3) is 0 Å². The molecule has 0 rings (SSSR count). The smallest absolute Gasteiger partial charge is 0.346 e. The number of rotatable bonds is 5. The van der Waals surface area contributed by atoms with Crippen molar-refractivity contribution in [1.82, 2.24) is 0 Å². The zero-order chi connectivity index (χ0) is 10.4. The maximum Gasteiger partial charge on any atom is 0.346 e. The van der Waals surface area contributed by atoms with E-state index in [1.807, 2.05) is 0 Å². The summed E-state index contributed by atoms with van der Waals surface area (Å²) < 4.78 is 4.32. The summed E-state index contributed by atoms with van der Waals surface area (Å²) in [7, 11) is 0. The number of ether oxygens (including phenoxy) is 1. The molecule has 76 valence electrons. The van der Waals surface area contributed by atoms with Gasteiger partial charge in [-0.25, -0.2) is 9.59 Å². The van der Waals surface area contributed by atoms with E-state index in [4.69, 9.17) is 21.7 Å². The first-order valence-electron chi connectivity index (χ1n) is 3.54. The second-order valence-corrected chi connectivity index (χ2v) is 2.25. The zero-order valence-electron chi connectivity index (χ0n) is 6.84. The van der Waals surface area contributed by atoms with E-state index in [0.29, 0.717) is 0 Å². The number of carboxylic acid groups (broad SMARTS) is 1. The van der Waals surface area contributed by atoms with Crippen molar-refractivity contribution >= 4 is 11.9 Å². The van der Waals surface area contributed by atoms with Gasteiger partial charge in [0, 0.05) is 13.1 Å². The lowest BCUT2D eigenvalue weighted by Gasteiger charge is -2.13. The van der Waals surface area contributed by atoms with Crippen LogP contribution < -0.4 is 11.5 Å². The van der Waals surface area contributed by atoms with Crippen molar-refractivity contribution in [3.05, 3.63) is 0 Å². The maximum absolute atomic E-state index is 10.8. The number of esters is 1. The Bertz CT molecular complexity index is 195. The molecule has 0 aliphatic heterocycles. The van der Waals surface area contributed by atoms with E-state index >= 15 is 0 Å². The number of carboxylic acids is 1. The molecule has 0 saturated heterocycles. The van der Waals surface area contributed by atoms with Crippen LogP contribution in [0.5, 0.6) is 0 Å². The normalized spacial score (nSPS) is 14.7. The van der Waals surface area contributed by atoms with E-state index in [2.05, 4.69) is 4.74 Å². The van der Waals surface area contributed by atoms with Crippen molar-refractivity contribution in [2.45, 2.75) is 12.2 Å². The SMILES string of the molecule is NCC(OC(=O)[C@H](O)CN)C(=O)O. The van der Waals surface area contributed by atoms with Crippen molar-refractivity contribution in [3.63, 3.8) is 0 Å². The van der Waals surface area contributed by atoms with Gasteiger partial charge in [0.2, 0.25) is 6.10 Å². The lowest BCUT2D eigenvalue weighted by Crippen LogP contribution is -2.39. The summed E-state index contributed by atoms with van der Waals surface area (Å²) in [6, 6.07) is 0. The molecular formula is C6H12N2O5. The molecule has 7 heteroatoms. The number of carbonyl (C=O) groups excluding carboxylic acids is 1. The first-order chi connectivity index (χ1) is 6.02. The summed E-state index contributed by atoms with van der Waals surface area (Å²) in [5.41, 5.74) is 9.93. The highest BCUT2D eigenvalue weighted by atomic mass is 16.6. The Balaban J connectivity index is 4.09. The van der Waals surface area contributed by atoms with Crippen LogP contribution in [0.15, 0.2) is 0 Å². The lowest BCUT2D eigenvalue weighted by molar-refractivity contribution is -0.168. The van der Waals surface area contributed by atoms with Gasteiger partial charge < -0.3 is 26.4 Å². The molecule has 0 amide bonds. The van der Waals surface area contributed by atoms with Crippen molar-refractivity contribution < 1.29 is 24.5 Å². The summed E-state index contributed by atoms with van der Waals surface area (Å²) in [5.74, 6) is -2.44. The molecule has 0 radical (unpaired) electrons. The molecule has 0 bridgehead atoms. The molecule has 0 aromatic heterocycles. The van der Waals surface area contributed by atoms with Crippen molar-refractivity contribution in [3.8, 4) is 0 Å². The quantitative estimate of drug-likeness (QED) is 0.347. The summed E-state index contributed by atoms with van der Waals surface area (Å²) >= 11 is 0. The van der Waals surface area contributed by atoms with Gasteiger partial charge in [-0.15, -0.1) is 0 Å². The molecule has 0 saturated carbocycles. The molecule has 1 unspecified atom stereocenters. The average Bonchev–Trinajstić information content (AvgIpc) is 2.11. The third-order valence-corrected chi connectivity index (χ3v) is 1.24. The van der Waals surface area contributed by atoms with E-state index in [1.165, 1.54) is 0 Å². The lowest BCUT2D eigenvalue weighted by atomic mass is 10.3. The standard InChI is InChI=1S/C6H12N2O5/c7-1-3(9)6(12)13-4(2-8)5(10)11/h3-4,9H,1-2,7-8H2,(H,10,11)/t3-,4?/m1/s1. The minimum Gasteiger partial charge on any atom is -0.478 e. The molecule has 0 spiro atoms. The second-order valence-electron chi connectivity index (χ2n) is 2.25.